The normalized spacial score (nSPS) is 14.3. The number of benzene rings is 1. The number of rotatable bonds is 7. The fourth-order valence-corrected chi connectivity index (χ4v) is 2.09. The maximum Gasteiger partial charge on any atom is 0.122 e. The molecule has 0 radical (unpaired) electrons. The highest BCUT2D eigenvalue weighted by Crippen LogP contribution is 2.22. The van der Waals surface area contributed by atoms with E-state index < -0.39 is 0 Å². The Balaban J connectivity index is 2.49. The van der Waals surface area contributed by atoms with Gasteiger partial charge in [-0.15, -0.1) is 0 Å². The Hall–Kier alpha value is -1.02. The van der Waals surface area contributed by atoms with Crippen LogP contribution in [0.2, 0.25) is 0 Å². The average Bonchev–Trinajstić information content (AvgIpc) is 2.32. The molecule has 2 nitrogen and oxygen atoms in total. The van der Waals surface area contributed by atoms with Crippen LogP contribution in [-0.4, -0.2) is 18.7 Å². The SMILES string of the molecule is CCCNC(C)CC(C)Oc1cccc(C)c1C. The van der Waals surface area contributed by atoms with Crippen LogP contribution < -0.4 is 10.1 Å². The number of nitrogens with one attached hydrogen (secondary N) is 1. The van der Waals surface area contributed by atoms with E-state index in [0.717, 1.165) is 18.7 Å². The van der Waals surface area contributed by atoms with Crippen LogP contribution in [0.5, 0.6) is 5.75 Å². The fraction of sp³-hybridized carbons (Fsp3) is 0.625. The summed E-state index contributed by atoms with van der Waals surface area (Å²) < 4.78 is 6.04. The Morgan fingerprint density at radius 2 is 1.94 bits per heavy atom. The Morgan fingerprint density at radius 3 is 2.61 bits per heavy atom. The highest BCUT2D eigenvalue weighted by Gasteiger charge is 2.11. The predicted molar refractivity (Wildman–Crippen MR) is 78.4 cm³/mol. The summed E-state index contributed by atoms with van der Waals surface area (Å²) in [7, 11) is 0. The zero-order valence-electron chi connectivity index (χ0n) is 12.4. The lowest BCUT2D eigenvalue weighted by Gasteiger charge is -2.21. The lowest BCUT2D eigenvalue weighted by Crippen LogP contribution is -2.31. The second-order valence-corrected chi connectivity index (χ2v) is 5.22. The minimum atomic E-state index is 0.241. The fourth-order valence-electron chi connectivity index (χ4n) is 2.09. The van der Waals surface area contributed by atoms with Gasteiger partial charge in [-0.25, -0.2) is 0 Å². The van der Waals surface area contributed by atoms with Crippen LogP contribution in [-0.2, 0) is 0 Å². The molecule has 0 bridgehead atoms. The summed E-state index contributed by atoms with van der Waals surface area (Å²) in [6.07, 6.45) is 2.45. The van der Waals surface area contributed by atoms with Crippen molar-refractivity contribution in [1.82, 2.24) is 5.32 Å². The molecule has 2 unspecified atom stereocenters. The topological polar surface area (TPSA) is 21.3 Å². The maximum absolute atomic E-state index is 6.04. The second kappa shape index (κ2) is 7.42. The molecule has 18 heavy (non-hydrogen) atoms. The highest BCUT2D eigenvalue weighted by molar-refractivity contribution is 5.38. The van der Waals surface area contributed by atoms with Crippen molar-refractivity contribution in [3.8, 4) is 5.75 Å². The minimum Gasteiger partial charge on any atom is -0.490 e. The smallest absolute Gasteiger partial charge is 0.122 e. The van der Waals surface area contributed by atoms with E-state index in [1.54, 1.807) is 0 Å². The molecule has 0 amide bonds. The van der Waals surface area contributed by atoms with Gasteiger partial charge in [-0.3, -0.25) is 0 Å². The van der Waals surface area contributed by atoms with Gasteiger partial charge in [0.05, 0.1) is 6.10 Å². The van der Waals surface area contributed by atoms with Gasteiger partial charge in [0.15, 0.2) is 0 Å². The first-order valence-corrected chi connectivity index (χ1v) is 7.00. The molecule has 1 rings (SSSR count). The molecule has 1 aromatic rings. The molecule has 0 aliphatic rings. The van der Waals surface area contributed by atoms with Crippen LogP contribution in [0.15, 0.2) is 18.2 Å². The molecule has 0 spiro atoms. The Labute approximate surface area is 112 Å². The molecule has 0 aliphatic carbocycles. The molecule has 2 heteroatoms. The highest BCUT2D eigenvalue weighted by atomic mass is 16.5. The molecule has 0 saturated carbocycles. The lowest BCUT2D eigenvalue weighted by molar-refractivity contribution is 0.194. The van der Waals surface area contributed by atoms with E-state index in [2.05, 4.69) is 58.1 Å². The first-order valence-electron chi connectivity index (χ1n) is 7.00. The van der Waals surface area contributed by atoms with Crippen LogP contribution >= 0.6 is 0 Å². The van der Waals surface area contributed by atoms with E-state index in [0.29, 0.717) is 6.04 Å². The number of hydrogen-bond acceptors (Lipinski definition) is 2. The largest absolute Gasteiger partial charge is 0.490 e. The molecule has 0 saturated heterocycles. The van der Waals surface area contributed by atoms with E-state index in [9.17, 15) is 0 Å². The van der Waals surface area contributed by atoms with Crippen molar-refractivity contribution >= 4 is 0 Å². The zero-order chi connectivity index (χ0) is 13.5. The van der Waals surface area contributed by atoms with E-state index in [1.165, 1.54) is 17.5 Å². The van der Waals surface area contributed by atoms with Gasteiger partial charge in [0.1, 0.15) is 5.75 Å². The third-order valence-corrected chi connectivity index (χ3v) is 3.31. The van der Waals surface area contributed by atoms with Crippen LogP contribution in [0.3, 0.4) is 0 Å². The first kappa shape index (κ1) is 15.0. The van der Waals surface area contributed by atoms with Crippen LogP contribution in [0, 0.1) is 13.8 Å². The van der Waals surface area contributed by atoms with Crippen LogP contribution in [0.25, 0.3) is 0 Å². The molecular weight excluding hydrogens is 222 g/mol. The standard InChI is InChI=1S/C16H27NO/c1-6-10-17-13(3)11-14(4)18-16-9-7-8-12(2)15(16)5/h7-9,13-14,17H,6,10-11H2,1-5H3. The van der Waals surface area contributed by atoms with Gasteiger partial charge in [0.25, 0.3) is 0 Å². The molecule has 1 aromatic carbocycles. The zero-order valence-corrected chi connectivity index (χ0v) is 12.4. The predicted octanol–water partition coefficient (Wildman–Crippen LogP) is 3.85. The number of aryl methyl sites for hydroxylation is 1. The molecule has 0 aliphatic heterocycles. The molecular formula is C16H27NO. The van der Waals surface area contributed by atoms with E-state index in [-0.39, 0.29) is 6.10 Å². The van der Waals surface area contributed by atoms with Crippen LogP contribution in [0.1, 0.15) is 44.7 Å². The third kappa shape index (κ3) is 4.69. The first-order chi connectivity index (χ1) is 8.54. The summed E-state index contributed by atoms with van der Waals surface area (Å²) in [5.74, 6) is 1.02. The van der Waals surface area contributed by atoms with Gasteiger partial charge < -0.3 is 10.1 Å². The lowest BCUT2D eigenvalue weighted by atomic mass is 10.1. The van der Waals surface area contributed by atoms with Crippen molar-refractivity contribution in [2.24, 2.45) is 0 Å². The van der Waals surface area contributed by atoms with E-state index in [4.69, 9.17) is 4.74 Å². The molecule has 0 fully saturated rings. The van der Waals surface area contributed by atoms with Crippen molar-refractivity contribution in [2.45, 2.75) is 59.6 Å². The van der Waals surface area contributed by atoms with Crippen molar-refractivity contribution in [3.05, 3.63) is 29.3 Å². The molecule has 0 heterocycles. The quantitative estimate of drug-likeness (QED) is 0.792. The van der Waals surface area contributed by atoms with Gasteiger partial charge in [-0.2, -0.15) is 0 Å². The van der Waals surface area contributed by atoms with E-state index >= 15 is 0 Å². The number of ether oxygens (including phenoxy) is 1. The molecule has 2 atom stereocenters. The average molecular weight is 249 g/mol. The third-order valence-electron chi connectivity index (χ3n) is 3.31. The summed E-state index contributed by atoms with van der Waals surface area (Å²) >= 11 is 0. The number of hydrogen-bond donors (Lipinski definition) is 1. The maximum atomic E-state index is 6.04. The molecule has 102 valence electrons. The van der Waals surface area contributed by atoms with Gasteiger partial charge in [-0.05, 0) is 64.3 Å². The monoisotopic (exact) mass is 249 g/mol. The summed E-state index contributed by atoms with van der Waals surface area (Å²) in [5, 5.41) is 3.49. The Kier molecular flexibility index (Phi) is 6.20. The minimum absolute atomic E-state index is 0.241. The van der Waals surface area contributed by atoms with Crippen molar-refractivity contribution in [2.75, 3.05) is 6.54 Å². The summed E-state index contributed by atoms with van der Waals surface area (Å²) in [4.78, 5) is 0. The van der Waals surface area contributed by atoms with Crippen molar-refractivity contribution in [3.63, 3.8) is 0 Å². The second-order valence-electron chi connectivity index (χ2n) is 5.22. The summed E-state index contributed by atoms with van der Waals surface area (Å²) in [6, 6.07) is 6.75. The van der Waals surface area contributed by atoms with Crippen molar-refractivity contribution in [1.29, 1.82) is 0 Å². The van der Waals surface area contributed by atoms with Gasteiger partial charge in [0, 0.05) is 6.04 Å². The van der Waals surface area contributed by atoms with E-state index in [1.807, 2.05) is 0 Å². The van der Waals surface area contributed by atoms with Gasteiger partial charge in [-0.1, -0.05) is 19.1 Å². The van der Waals surface area contributed by atoms with Gasteiger partial charge in [0.2, 0.25) is 0 Å². The van der Waals surface area contributed by atoms with Gasteiger partial charge >= 0.3 is 0 Å². The molecule has 0 aromatic heterocycles. The Morgan fingerprint density at radius 1 is 1.22 bits per heavy atom. The van der Waals surface area contributed by atoms with Crippen molar-refractivity contribution < 1.29 is 4.74 Å². The Bertz CT molecular complexity index is 362. The summed E-state index contributed by atoms with van der Waals surface area (Å²) in [5.41, 5.74) is 2.54. The summed E-state index contributed by atoms with van der Waals surface area (Å²) in [6.45, 7) is 11.9. The van der Waals surface area contributed by atoms with Crippen LogP contribution in [0.4, 0.5) is 0 Å². The molecule has 1 N–H and O–H groups in total.